The van der Waals surface area contributed by atoms with E-state index >= 15 is 0 Å². The molecule has 1 aliphatic carbocycles. The minimum absolute atomic E-state index is 0. The van der Waals surface area contributed by atoms with Crippen LogP contribution in [0.1, 0.15) is 65.2 Å². The largest absolute Gasteiger partial charge is 1.00 e. The maximum absolute atomic E-state index is 14.1. The fraction of sp³-hybridized carbons (Fsp3) is 0.182. The summed E-state index contributed by atoms with van der Waals surface area (Å²) < 4.78 is 156. The number of sulfonamides is 2. The topological polar surface area (TPSA) is 298 Å². The van der Waals surface area contributed by atoms with Gasteiger partial charge >= 0.3 is 71.1 Å². The number of ether oxygens (including phenoxy) is 2. The van der Waals surface area contributed by atoms with Gasteiger partial charge in [-0.1, -0.05) is 47.0 Å². The van der Waals surface area contributed by atoms with Gasteiger partial charge in [-0.05, 0) is 143 Å². The molecule has 6 aromatic rings. The molecule has 19 nitrogen and oxygen atoms in total. The Bertz CT molecular complexity index is 4340. The number of rotatable bonds is 14. The van der Waals surface area contributed by atoms with Crippen LogP contribution < -0.4 is 84.2 Å². The Kier molecular flexibility index (Phi) is 18.9. The molecule has 0 amide bonds. The van der Waals surface area contributed by atoms with Crippen molar-refractivity contribution in [3.8, 4) is 22.5 Å². The SMILES string of the molecule is COC(=O)c1cc(C(=O)OC)cc(S(=O)(=O)Nc2c(C)cc(C)c([NH+]=c3cc4oc5cc(Nc6c(C)cc(C)c(NS(=O)(=O)c7cc(C)cc(C)c7)c6C)[c-]cc5c(-c5ccccc5S(=O)(=O)[O-])c-4cc3S(=O)(=O)[O-])c2C)c1.[Na+].[Na+]. The number of carbonyl (C=O) groups is 2. The summed E-state index contributed by atoms with van der Waals surface area (Å²) >= 11 is 0. The van der Waals surface area contributed by atoms with E-state index in [9.17, 15) is 52.4 Å². The number of nitrogens with one attached hydrogen (secondary N) is 4. The van der Waals surface area contributed by atoms with Crippen molar-refractivity contribution in [2.45, 2.75) is 75.0 Å². The number of anilines is 4. The Balaban J connectivity index is 0.00000516. The summed E-state index contributed by atoms with van der Waals surface area (Å²) in [5, 5.41) is 3.09. The number of hydrogen-bond donors (Lipinski definition) is 4. The molecule has 0 bridgehead atoms. The van der Waals surface area contributed by atoms with Crippen molar-refractivity contribution in [1.29, 1.82) is 0 Å². The molecule has 8 rings (SSSR count). The maximum atomic E-state index is 14.1. The van der Waals surface area contributed by atoms with Crippen LogP contribution in [-0.2, 0) is 49.8 Å². The van der Waals surface area contributed by atoms with Gasteiger partial charge in [-0.3, -0.25) is 9.44 Å². The van der Waals surface area contributed by atoms with E-state index < -0.39 is 66.9 Å². The molecule has 2 aliphatic rings. The Morgan fingerprint density at radius 2 is 1.09 bits per heavy atom. The average Bonchev–Trinajstić information content (AvgIpc) is 3.36. The van der Waals surface area contributed by atoms with Crippen molar-refractivity contribution in [1.82, 2.24) is 0 Å². The zero-order chi connectivity index (χ0) is 57.1. The minimum atomic E-state index is -5.44. The van der Waals surface area contributed by atoms with E-state index in [2.05, 4.69) is 25.8 Å². The van der Waals surface area contributed by atoms with Crippen LogP contribution in [0.5, 0.6) is 0 Å². The molecule has 1 aliphatic heterocycles. The van der Waals surface area contributed by atoms with E-state index in [4.69, 9.17) is 13.9 Å². The molecule has 0 aromatic heterocycles. The van der Waals surface area contributed by atoms with Gasteiger partial charge in [0.05, 0.1) is 57.5 Å². The summed E-state index contributed by atoms with van der Waals surface area (Å²) in [6.45, 7) is 13.7. The van der Waals surface area contributed by atoms with Gasteiger partial charge in [0.1, 0.15) is 30.9 Å². The van der Waals surface area contributed by atoms with E-state index in [1.807, 2.05) is 13.0 Å². The summed E-state index contributed by atoms with van der Waals surface area (Å²) in [4.78, 5) is 26.2. The molecule has 0 atom stereocenters. The quantitative estimate of drug-likeness (QED) is 0.0395. The van der Waals surface area contributed by atoms with Crippen LogP contribution in [0.2, 0.25) is 0 Å². The van der Waals surface area contributed by atoms with Gasteiger partial charge < -0.3 is 28.3 Å². The molecule has 6 aromatic carbocycles. The van der Waals surface area contributed by atoms with Crippen molar-refractivity contribution in [3.63, 3.8) is 0 Å². The fourth-order valence-corrected chi connectivity index (χ4v) is 13.4. The van der Waals surface area contributed by atoms with Gasteiger partial charge in [-0.25, -0.2) is 48.3 Å². The Labute approximate surface area is 507 Å². The Morgan fingerprint density at radius 1 is 0.575 bits per heavy atom. The summed E-state index contributed by atoms with van der Waals surface area (Å²) in [7, 11) is -17.2. The third-order valence-electron chi connectivity index (χ3n) is 12.9. The summed E-state index contributed by atoms with van der Waals surface area (Å²) in [6, 6.07) is 24.9. The van der Waals surface area contributed by atoms with E-state index in [-0.39, 0.29) is 137 Å². The number of methoxy groups -OCH3 is 2. The molecule has 0 fully saturated rings. The minimum Gasteiger partial charge on any atom is -0.744 e. The first-order chi connectivity index (χ1) is 36.4. The monoisotopic (exact) mass is 1180 g/mol. The molecule has 0 radical (unpaired) electrons. The molecular weight excluding hydrogens is 1130 g/mol. The van der Waals surface area contributed by atoms with Crippen LogP contribution in [0.25, 0.3) is 33.4 Å². The Hall–Kier alpha value is -5.93. The molecule has 0 saturated carbocycles. The third-order valence-corrected chi connectivity index (χ3v) is 17.4. The van der Waals surface area contributed by atoms with Crippen LogP contribution in [0.3, 0.4) is 0 Å². The van der Waals surface area contributed by atoms with Crippen molar-refractivity contribution >= 4 is 91.6 Å². The molecule has 1 heterocycles. The first-order valence-electron chi connectivity index (χ1n) is 23.4. The maximum Gasteiger partial charge on any atom is 1.00 e. The van der Waals surface area contributed by atoms with Crippen molar-refractivity contribution in [2.75, 3.05) is 29.0 Å². The number of fused-ring (bicyclic) bond motifs is 2. The van der Waals surface area contributed by atoms with Gasteiger partial charge in [-0.15, -0.1) is 6.07 Å². The number of carbonyl (C=O) groups excluding carboxylic acids is 2. The van der Waals surface area contributed by atoms with Crippen LogP contribution >= 0.6 is 0 Å². The number of hydrogen-bond acceptors (Lipinski definition) is 16. The fourth-order valence-electron chi connectivity index (χ4n) is 9.45. The summed E-state index contributed by atoms with van der Waals surface area (Å²) in [5.74, 6) is -2.00. The van der Waals surface area contributed by atoms with Gasteiger partial charge in [0.15, 0.2) is 0 Å². The van der Waals surface area contributed by atoms with Crippen LogP contribution in [0.15, 0.2) is 121 Å². The summed E-state index contributed by atoms with van der Waals surface area (Å²) in [5.41, 5.74) is 4.90. The van der Waals surface area contributed by atoms with Gasteiger partial charge in [0.2, 0.25) is 11.0 Å². The molecule has 0 unspecified atom stereocenters. The van der Waals surface area contributed by atoms with Crippen LogP contribution in [0.4, 0.5) is 28.4 Å². The van der Waals surface area contributed by atoms with Crippen molar-refractivity contribution < 1.29 is 130 Å². The van der Waals surface area contributed by atoms with Crippen molar-refractivity contribution in [2.24, 2.45) is 0 Å². The predicted octanol–water partition coefficient (Wildman–Crippen LogP) is 1.52. The molecule has 4 N–H and O–H groups in total. The molecule has 0 saturated heterocycles. The first-order valence-corrected chi connectivity index (χ1v) is 29.2. The molecule has 80 heavy (non-hydrogen) atoms. The summed E-state index contributed by atoms with van der Waals surface area (Å²) in [6.07, 6.45) is 0. The van der Waals surface area contributed by atoms with Gasteiger partial charge in [0, 0.05) is 28.0 Å². The van der Waals surface area contributed by atoms with E-state index in [0.717, 1.165) is 61.2 Å². The smallest absolute Gasteiger partial charge is 0.744 e. The van der Waals surface area contributed by atoms with Crippen molar-refractivity contribution in [3.05, 3.63) is 164 Å². The Morgan fingerprint density at radius 3 is 1.64 bits per heavy atom. The average molecular weight is 1180 g/mol. The zero-order valence-electron chi connectivity index (χ0n) is 45.5. The second kappa shape index (κ2) is 23.9. The van der Waals surface area contributed by atoms with E-state index in [1.54, 1.807) is 65.8 Å². The standard InChI is InChI=1S/C55H51N4O15S4.2Na/c1-28-17-29(2)19-39(18-28)75(62,63)58-52-32(5)20-30(3)50(34(52)7)56-38-15-16-41-45(25-38)74-46-27-44(48(78(69,70)71)26-43(46)49(41)42-13-11-12-14-47(42)77(66,67)68)57-51-31(4)21-33(6)53(35(51)8)59-76(64,65)40-23-36(54(60)72-9)22-37(24-40)55(61)73-10;;/h11-14,16-27,56,58-59H,1-10H3,(H,66,67,68)(H,69,70,71);;/q-1;2*+1/p-1. The third kappa shape index (κ3) is 12.9. The first kappa shape index (κ1) is 63.3. The number of benzene rings is 7. The number of aryl methyl sites for hydroxylation is 6. The van der Waals surface area contributed by atoms with Crippen LogP contribution in [-0.4, -0.2) is 68.9 Å². The van der Waals surface area contributed by atoms with Gasteiger partial charge in [0.25, 0.3) is 20.0 Å². The molecule has 406 valence electrons. The van der Waals surface area contributed by atoms with Crippen LogP contribution in [0, 0.1) is 61.5 Å². The predicted molar refractivity (Wildman–Crippen MR) is 288 cm³/mol. The van der Waals surface area contributed by atoms with E-state index in [1.165, 1.54) is 43.3 Å². The normalized spacial score (nSPS) is 12.1. The molecule has 0 spiro atoms. The van der Waals surface area contributed by atoms with Gasteiger partial charge in [-0.2, -0.15) is 12.1 Å². The molecular formula is C55H50N4Na2O15S4. The molecule has 25 heteroatoms. The zero-order valence-corrected chi connectivity index (χ0v) is 52.8. The second-order valence-corrected chi connectivity index (χ2v) is 24.7. The second-order valence-electron chi connectivity index (χ2n) is 18.6. The van der Waals surface area contributed by atoms with E-state index in [0.29, 0.717) is 33.6 Å². The number of esters is 2.